The molecule has 9 heteroatoms. The molecule has 7 nitrogen and oxygen atoms in total. The first-order valence-corrected chi connectivity index (χ1v) is 12.2. The lowest BCUT2D eigenvalue weighted by Crippen LogP contribution is -2.60. The number of halogens is 1. The monoisotopic (exact) mass is 457 g/mol. The minimum Gasteiger partial charge on any atom is -0.350 e. The van der Waals surface area contributed by atoms with Crippen LogP contribution in [-0.2, 0) is 23.1 Å². The molecule has 0 saturated heterocycles. The van der Waals surface area contributed by atoms with Crippen LogP contribution in [-0.4, -0.2) is 37.9 Å². The fourth-order valence-corrected chi connectivity index (χ4v) is 6.98. The first-order valence-electron chi connectivity index (χ1n) is 11.3. The van der Waals surface area contributed by atoms with Crippen LogP contribution in [0.5, 0.6) is 0 Å². The van der Waals surface area contributed by atoms with Crippen LogP contribution < -0.4 is 10.6 Å². The summed E-state index contributed by atoms with van der Waals surface area (Å²) in [5, 5.41) is 14.7. The smallest absolute Gasteiger partial charge is 0.232 e. The Balaban J connectivity index is 1.14. The number of para-hydroxylation sites is 1. The van der Waals surface area contributed by atoms with E-state index >= 15 is 0 Å². The van der Waals surface area contributed by atoms with E-state index in [-0.39, 0.29) is 35.2 Å². The largest absolute Gasteiger partial charge is 0.350 e. The topological polar surface area (TPSA) is 88.9 Å². The van der Waals surface area contributed by atoms with Crippen molar-refractivity contribution in [3.05, 3.63) is 35.9 Å². The molecule has 4 saturated carbocycles. The van der Waals surface area contributed by atoms with Gasteiger partial charge in [-0.05, 0) is 68.4 Å². The summed E-state index contributed by atoms with van der Waals surface area (Å²) in [6.45, 7) is 0. The summed E-state index contributed by atoms with van der Waals surface area (Å²) in [5.41, 5.74) is 0.137. The molecule has 0 unspecified atom stereocenters. The molecule has 1 aromatic heterocycles. The van der Waals surface area contributed by atoms with E-state index in [1.807, 2.05) is 0 Å². The SMILES string of the molecule is Cn1c(CC(=O)Nc2ccccc2F)nnc1SCC(=O)NC12CC3CC(CC(C3)C1)C2. The third-order valence-corrected chi connectivity index (χ3v) is 8.19. The molecule has 2 N–H and O–H groups in total. The van der Waals surface area contributed by atoms with Crippen LogP contribution in [0.1, 0.15) is 44.3 Å². The summed E-state index contributed by atoms with van der Waals surface area (Å²) in [6.07, 6.45) is 7.38. The first kappa shape index (κ1) is 21.4. The number of carbonyl (C=O) groups is 2. The quantitative estimate of drug-likeness (QED) is 0.623. The normalized spacial score (nSPS) is 28.0. The number of hydrogen-bond acceptors (Lipinski definition) is 5. The maximum absolute atomic E-state index is 13.7. The molecule has 170 valence electrons. The second-order valence-electron chi connectivity index (χ2n) is 9.70. The van der Waals surface area contributed by atoms with Crippen LogP contribution in [0.15, 0.2) is 29.4 Å². The standard InChI is InChI=1S/C23H28FN5O2S/c1-29-19(9-20(30)25-18-5-3-2-4-17(18)24)27-28-22(29)32-13-21(31)26-23-10-14-6-15(11-23)8-16(7-14)12-23/h2-5,14-16H,6-13H2,1H3,(H,25,30)(H,26,31). The van der Waals surface area contributed by atoms with Gasteiger partial charge in [0.1, 0.15) is 11.6 Å². The summed E-state index contributed by atoms with van der Waals surface area (Å²) in [7, 11) is 1.77. The van der Waals surface area contributed by atoms with E-state index in [2.05, 4.69) is 20.8 Å². The van der Waals surface area contributed by atoms with Crippen molar-refractivity contribution >= 4 is 29.3 Å². The van der Waals surface area contributed by atoms with Gasteiger partial charge in [0.05, 0.1) is 17.9 Å². The highest BCUT2D eigenvalue weighted by Gasteiger charge is 2.51. The van der Waals surface area contributed by atoms with Crippen LogP contribution in [0.4, 0.5) is 10.1 Å². The second-order valence-corrected chi connectivity index (χ2v) is 10.6. The predicted octanol–water partition coefficient (Wildman–Crippen LogP) is 3.31. The molecule has 4 fully saturated rings. The zero-order valence-electron chi connectivity index (χ0n) is 18.1. The molecule has 0 atom stereocenters. The first-order chi connectivity index (χ1) is 15.4. The zero-order valence-corrected chi connectivity index (χ0v) is 19.0. The van der Waals surface area contributed by atoms with Gasteiger partial charge in [-0.15, -0.1) is 10.2 Å². The molecule has 1 aromatic carbocycles. The molecule has 2 amide bonds. The van der Waals surface area contributed by atoms with Gasteiger partial charge in [0.15, 0.2) is 5.16 Å². The molecule has 32 heavy (non-hydrogen) atoms. The fraction of sp³-hybridized carbons (Fsp3) is 0.565. The maximum Gasteiger partial charge on any atom is 0.232 e. The third kappa shape index (κ3) is 4.40. The highest BCUT2D eigenvalue weighted by molar-refractivity contribution is 7.99. The fourth-order valence-electron chi connectivity index (χ4n) is 6.25. The van der Waals surface area contributed by atoms with E-state index in [4.69, 9.17) is 0 Å². The van der Waals surface area contributed by atoms with E-state index < -0.39 is 5.82 Å². The number of hydrogen-bond donors (Lipinski definition) is 2. The van der Waals surface area contributed by atoms with Gasteiger partial charge in [-0.2, -0.15) is 0 Å². The van der Waals surface area contributed by atoms with E-state index in [9.17, 15) is 14.0 Å². The Kier molecular flexibility index (Phi) is 5.69. The minimum atomic E-state index is -0.486. The lowest BCUT2D eigenvalue weighted by atomic mass is 9.53. The van der Waals surface area contributed by atoms with E-state index in [0.29, 0.717) is 11.0 Å². The maximum atomic E-state index is 13.7. The zero-order chi connectivity index (χ0) is 22.3. The number of aromatic nitrogens is 3. The van der Waals surface area contributed by atoms with Crippen LogP contribution in [0.25, 0.3) is 0 Å². The number of nitrogens with one attached hydrogen (secondary N) is 2. The molecule has 1 heterocycles. The van der Waals surface area contributed by atoms with Crippen LogP contribution in [0.2, 0.25) is 0 Å². The number of carbonyl (C=O) groups excluding carboxylic acids is 2. The van der Waals surface area contributed by atoms with Crippen molar-refractivity contribution < 1.29 is 14.0 Å². The molecular weight excluding hydrogens is 429 g/mol. The summed E-state index contributed by atoms with van der Waals surface area (Å²) in [6, 6.07) is 6.02. The Morgan fingerprint density at radius 2 is 1.75 bits per heavy atom. The van der Waals surface area contributed by atoms with Gasteiger partial charge in [0.25, 0.3) is 0 Å². The van der Waals surface area contributed by atoms with Crippen molar-refractivity contribution in [3.8, 4) is 0 Å². The number of rotatable bonds is 7. The van der Waals surface area contributed by atoms with Gasteiger partial charge in [0, 0.05) is 12.6 Å². The number of amides is 2. The average Bonchev–Trinajstić information content (AvgIpc) is 3.06. The van der Waals surface area contributed by atoms with E-state index in [0.717, 1.165) is 37.0 Å². The van der Waals surface area contributed by atoms with Crippen molar-refractivity contribution in [1.82, 2.24) is 20.1 Å². The molecule has 0 aliphatic heterocycles. The summed E-state index contributed by atoms with van der Waals surface area (Å²) in [4.78, 5) is 25.0. The van der Waals surface area contributed by atoms with Crippen molar-refractivity contribution in [1.29, 1.82) is 0 Å². The van der Waals surface area contributed by atoms with Gasteiger partial charge in [-0.25, -0.2) is 4.39 Å². The Labute approximate surface area is 190 Å². The van der Waals surface area contributed by atoms with Gasteiger partial charge in [-0.1, -0.05) is 23.9 Å². The Morgan fingerprint density at radius 1 is 1.09 bits per heavy atom. The lowest BCUT2D eigenvalue weighted by molar-refractivity contribution is -0.124. The number of thioether (sulfide) groups is 1. The van der Waals surface area contributed by atoms with Crippen LogP contribution in [0.3, 0.4) is 0 Å². The second kappa shape index (κ2) is 8.50. The third-order valence-electron chi connectivity index (χ3n) is 7.17. The lowest BCUT2D eigenvalue weighted by Gasteiger charge is -2.56. The molecular formula is C23H28FN5O2S. The molecule has 4 bridgehead atoms. The van der Waals surface area contributed by atoms with Crippen molar-refractivity contribution in [2.75, 3.05) is 11.1 Å². The van der Waals surface area contributed by atoms with Crippen molar-refractivity contribution in [3.63, 3.8) is 0 Å². The Morgan fingerprint density at radius 3 is 2.41 bits per heavy atom. The van der Waals surface area contributed by atoms with Crippen molar-refractivity contribution in [2.45, 2.75) is 55.6 Å². The summed E-state index contributed by atoms with van der Waals surface area (Å²) in [5.74, 6) is 2.27. The molecule has 4 aliphatic rings. The molecule has 4 aliphatic carbocycles. The van der Waals surface area contributed by atoms with Crippen LogP contribution in [0, 0.1) is 23.6 Å². The molecule has 2 aromatic rings. The summed E-state index contributed by atoms with van der Waals surface area (Å²) >= 11 is 1.32. The highest BCUT2D eigenvalue weighted by atomic mass is 32.2. The number of anilines is 1. The average molecular weight is 458 g/mol. The summed E-state index contributed by atoms with van der Waals surface area (Å²) < 4.78 is 15.4. The molecule has 0 radical (unpaired) electrons. The molecule has 6 rings (SSSR count). The van der Waals surface area contributed by atoms with Gasteiger partial charge in [-0.3, -0.25) is 9.59 Å². The predicted molar refractivity (Wildman–Crippen MR) is 120 cm³/mol. The minimum absolute atomic E-state index is 0.00222. The highest BCUT2D eigenvalue weighted by Crippen LogP contribution is 2.55. The Hall–Kier alpha value is -2.42. The number of benzene rings is 1. The van der Waals surface area contributed by atoms with Crippen LogP contribution >= 0.6 is 11.8 Å². The Bertz CT molecular complexity index is 1000. The van der Waals surface area contributed by atoms with E-state index in [1.165, 1.54) is 43.2 Å². The van der Waals surface area contributed by atoms with Gasteiger partial charge in [0.2, 0.25) is 11.8 Å². The number of nitrogens with zero attached hydrogens (tertiary/aromatic N) is 3. The van der Waals surface area contributed by atoms with Gasteiger partial charge < -0.3 is 15.2 Å². The van der Waals surface area contributed by atoms with E-state index in [1.54, 1.807) is 23.7 Å². The molecule has 0 spiro atoms. The van der Waals surface area contributed by atoms with Crippen molar-refractivity contribution in [2.24, 2.45) is 24.8 Å². The van der Waals surface area contributed by atoms with Gasteiger partial charge >= 0.3 is 0 Å².